The van der Waals surface area contributed by atoms with Gasteiger partial charge in [0.05, 0.1) is 34.3 Å². The first kappa shape index (κ1) is 24.3. The quantitative estimate of drug-likeness (QED) is 0.237. The number of nitro benzene ring substituents is 1. The van der Waals surface area contributed by atoms with Gasteiger partial charge in [-0.1, -0.05) is 48.0 Å². The molecule has 3 aromatic carbocycles. The molecular weight excluding hydrogens is 490 g/mol. The number of aliphatic imine (C=N–C) groups is 1. The molecule has 178 valence electrons. The van der Waals surface area contributed by atoms with E-state index in [0.717, 1.165) is 22.9 Å². The van der Waals surface area contributed by atoms with E-state index in [2.05, 4.69) is 10.3 Å². The smallest absolute Gasteiger partial charge is 0.280 e. The molecule has 0 aromatic heterocycles. The number of rotatable bonds is 7. The second kappa shape index (κ2) is 10.6. The maximum Gasteiger partial charge on any atom is 0.280 e. The summed E-state index contributed by atoms with van der Waals surface area (Å²) in [6.45, 7) is 2.05. The Morgan fingerprint density at radius 3 is 2.63 bits per heavy atom. The summed E-state index contributed by atoms with van der Waals surface area (Å²) in [5.41, 5.74) is 2.29. The molecule has 1 aliphatic rings. The van der Waals surface area contributed by atoms with Gasteiger partial charge in [-0.3, -0.25) is 14.9 Å². The Balaban J connectivity index is 1.64. The van der Waals surface area contributed by atoms with E-state index in [4.69, 9.17) is 21.1 Å². The summed E-state index contributed by atoms with van der Waals surface area (Å²) in [6.07, 6.45) is 1.44. The van der Waals surface area contributed by atoms with Crippen LogP contribution in [0.1, 0.15) is 16.7 Å². The molecule has 1 aliphatic heterocycles. The Kier molecular flexibility index (Phi) is 7.38. The number of nitro groups is 1. The summed E-state index contributed by atoms with van der Waals surface area (Å²) < 4.78 is 11.2. The van der Waals surface area contributed by atoms with Crippen molar-refractivity contribution in [2.24, 2.45) is 4.99 Å². The fraction of sp³-hybridized carbons (Fsp3) is 0.120. The van der Waals surface area contributed by atoms with Crippen molar-refractivity contribution in [3.8, 4) is 11.5 Å². The molecule has 4 rings (SSSR count). The van der Waals surface area contributed by atoms with Crippen LogP contribution in [0.4, 0.5) is 11.4 Å². The molecule has 10 heteroatoms. The van der Waals surface area contributed by atoms with Crippen molar-refractivity contribution < 1.29 is 19.2 Å². The van der Waals surface area contributed by atoms with Gasteiger partial charge in [0, 0.05) is 5.02 Å². The normalized spacial score (nSPS) is 15.3. The van der Waals surface area contributed by atoms with Crippen LogP contribution in [0.5, 0.6) is 11.5 Å². The van der Waals surface area contributed by atoms with E-state index < -0.39 is 10.8 Å². The SMILES string of the molecule is COc1cc(/C=C2/SC(=Nc3cccc(Cl)c3C)NC2=O)c([N+](=O)[O-])cc1OCc1ccccc1. The first-order chi connectivity index (χ1) is 16.9. The molecule has 1 saturated heterocycles. The number of amidine groups is 1. The minimum atomic E-state index is -0.525. The van der Waals surface area contributed by atoms with E-state index in [-0.39, 0.29) is 28.5 Å². The lowest BCUT2D eigenvalue weighted by Gasteiger charge is -2.12. The summed E-state index contributed by atoms with van der Waals surface area (Å²) in [5.74, 6) is 0.128. The van der Waals surface area contributed by atoms with Crippen LogP contribution < -0.4 is 14.8 Å². The van der Waals surface area contributed by atoms with E-state index in [1.807, 2.05) is 37.3 Å². The first-order valence-corrected chi connectivity index (χ1v) is 11.6. The van der Waals surface area contributed by atoms with Crippen LogP contribution in [-0.2, 0) is 11.4 Å². The van der Waals surface area contributed by atoms with Crippen LogP contribution in [0.15, 0.2) is 70.6 Å². The van der Waals surface area contributed by atoms with Gasteiger partial charge in [0.25, 0.3) is 11.6 Å². The topological polar surface area (TPSA) is 103 Å². The number of hydrogen-bond donors (Lipinski definition) is 1. The monoisotopic (exact) mass is 509 g/mol. The van der Waals surface area contributed by atoms with Crippen molar-refractivity contribution in [3.05, 3.63) is 97.4 Å². The van der Waals surface area contributed by atoms with Gasteiger partial charge in [-0.05, 0) is 54.1 Å². The number of nitrogens with one attached hydrogen (secondary N) is 1. The molecule has 0 atom stereocenters. The maximum absolute atomic E-state index is 12.6. The van der Waals surface area contributed by atoms with Crippen molar-refractivity contribution in [1.29, 1.82) is 0 Å². The zero-order valence-electron chi connectivity index (χ0n) is 18.8. The van der Waals surface area contributed by atoms with Crippen molar-refractivity contribution in [3.63, 3.8) is 0 Å². The number of methoxy groups -OCH3 is 1. The summed E-state index contributed by atoms with van der Waals surface area (Å²) in [4.78, 5) is 28.6. The van der Waals surface area contributed by atoms with Gasteiger partial charge < -0.3 is 14.8 Å². The molecule has 1 heterocycles. The lowest BCUT2D eigenvalue weighted by atomic mass is 10.1. The van der Waals surface area contributed by atoms with E-state index in [9.17, 15) is 14.9 Å². The number of nitrogens with zero attached hydrogens (tertiary/aromatic N) is 2. The number of hydrogen-bond acceptors (Lipinski definition) is 7. The number of benzene rings is 3. The molecule has 8 nitrogen and oxygen atoms in total. The molecule has 3 aromatic rings. The van der Waals surface area contributed by atoms with E-state index in [0.29, 0.717) is 21.6 Å². The van der Waals surface area contributed by atoms with Crippen LogP contribution in [0.25, 0.3) is 6.08 Å². The van der Waals surface area contributed by atoms with Crippen molar-refractivity contribution in [2.75, 3.05) is 7.11 Å². The minimum Gasteiger partial charge on any atom is -0.493 e. The lowest BCUT2D eigenvalue weighted by molar-refractivity contribution is -0.385. The molecule has 0 radical (unpaired) electrons. The van der Waals surface area contributed by atoms with Crippen LogP contribution in [0.2, 0.25) is 5.02 Å². The average Bonchev–Trinajstić information content (AvgIpc) is 3.19. The second-order valence-electron chi connectivity index (χ2n) is 7.46. The Labute approximate surface area is 210 Å². The largest absolute Gasteiger partial charge is 0.493 e. The molecule has 0 spiro atoms. The lowest BCUT2D eigenvalue weighted by Crippen LogP contribution is -2.19. The van der Waals surface area contributed by atoms with Gasteiger partial charge >= 0.3 is 0 Å². The van der Waals surface area contributed by atoms with Crippen LogP contribution >= 0.6 is 23.4 Å². The van der Waals surface area contributed by atoms with Gasteiger partial charge in [0.1, 0.15) is 6.61 Å². The zero-order chi connectivity index (χ0) is 24.9. The highest BCUT2D eigenvalue weighted by Crippen LogP contribution is 2.38. The average molecular weight is 510 g/mol. The molecule has 0 saturated carbocycles. The molecule has 0 aliphatic carbocycles. The predicted molar refractivity (Wildman–Crippen MR) is 137 cm³/mol. The minimum absolute atomic E-state index is 0.205. The molecule has 0 bridgehead atoms. The Morgan fingerprint density at radius 2 is 1.91 bits per heavy atom. The van der Waals surface area contributed by atoms with Gasteiger partial charge in [-0.15, -0.1) is 0 Å². The Bertz CT molecular complexity index is 1360. The molecule has 0 unspecified atom stereocenters. The van der Waals surface area contributed by atoms with Gasteiger partial charge in [0.15, 0.2) is 16.7 Å². The summed E-state index contributed by atoms with van der Waals surface area (Å²) in [5, 5.41) is 15.4. The Morgan fingerprint density at radius 1 is 1.14 bits per heavy atom. The molecule has 1 N–H and O–H groups in total. The summed E-state index contributed by atoms with van der Waals surface area (Å²) in [7, 11) is 1.45. The second-order valence-corrected chi connectivity index (χ2v) is 8.90. The number of halogens is 1. The number of amides is 1. The third-order valence-electron chi connectivity index (χ3n) is 5.15. The van der Waals surface area contributed by atoms with Crippen LogP contribution in [0, 0.1) is 17.0 Å². The number of carbonyl (C=O) groups excluding carboxylic acids is 1. The highest BCUT2D eigenvalue weighted by atomic mass is 35.5. The molecule has 1 amide bonds. The third-order valence-corrected chi connectivity index (χ3v) is 6.46. The molecular formula is C25H20ClN3O5S. The molecule has 1 fully saturated rings. The highest BCUT2D eigenvalue weighted by molar-refractivity contribution is 8.18. The van der Waals surface area contributed by atoms with Crippen LogP contribution in [-0.4, -0.2) is 23.1 Å². The Hall–Kier alpha value is -3.82. The van der Waals surface area contributed by atoms with Crippen molar-refractivity contribution >= 4 is 51.9 Å². The fourth-order valence-corrected chi connectivity index (χ4v) is 4.29. The highest BCUT2D eigenvalue weighted by Gasteiger charge is 2.27. The predicted octanol–water partition coefficient (Wildman–Crippen LogP) is 6.04. The molecule has 35 heavy (non-hydrogen) atoms. The fourth-order valence-electron chi connectivity index (χ4n) is 3.29. The van der Waals surface area contributed by atoms with Gasteiger partial charge in [-0.2, -0.15) is 0 Å². The van der Waals surface area contributed by atoms with Gasteiger partial charge in [-0.25, -0.2) is 4.99 Å². The maximum atomic E-state index is 12.6. The standard InChI is InChI=1S/C25H20ClN3O5S/c1-15-18(26)9-6-10-19(15)27-25-28-24(30)23(35-25)12-17-11-21(33-2)22(13-20(17)29(31)32)34-14-16-7-4-3-5-8-16/h3-13H,14H2,1-2H3,(H,27,28,30)/b23-12+. The van der Waals surface area contributed by atoms with E-state index in [1.165, 1.54) is 25.3 Å². The summed E-state index contributed by atoms with van der Waals surface area (Å²) in [6, 6.07) is 17.5. The zero-order valence-corrected chi connectivity index (χ0v) is 20.4. The van der Waals surface area contributed by atoms with Crippen LogP contribution in [0.3, 0.4) is 0 Å². The first-order valence-electron chi connectivity index (χ1n) is 10.4. The summed E-state index contributed by atoms with van der Waals surface area (Å²) >= 11 is 7.23. The number of carbonyl (C=O) groups is 1. The van der Waals surface area contributed by atoms with E-state index in [1.54, 1.807) is 18.2 Å². The number of thioether (sulfide) groups is 1. The van der Waals surface area contributed by atoms with E-state index >= 15 is 0 Å². The van der Waals surface area contributed by atoms with Crippen molar-refractivity contribution in [1.82, 2.24) is 5.32 Å². The van der Waals surface area contributed by atoms with Crippen molar-refractivity contribution in [2.45, 2.75) is 13.5 Å². The third kappa shape index (κ3) is 5.64. The van der Waals surface area contributed by atoms with Gasteiger partial charge in [0.2, 0.25) is 0 Å². The number of ether oxygens (including phenoxy) is 2.